The lowest BCUT2D eigenvalue weighted by atomic mass is 9.90. The van der Waals surface area contributed by atoms with Crippen molar-refractivity contribution in [1.82, 2.24) is 10.2 Å². The van der Waals surface area contributed by atoms with Crippen molar-refractivity contribution in [1.29, 1.82) is 0 Å². The standard InChI is InChI=1S/C13H24N2O3/c1-3-4-5-6-8-14-12(18)15-9-7-13(2,10-15)11(16)17/h3-10H2,1-2H3,(H,14,18)(H,16,17). The summed E-state index contributed by atoms with van der Waals surface area (Å²) >= 11 is 0. The Kier molecular flexibility index (Phi) is 5.44. The van der Waals surface area contributed by atoms with E-state index in [0.29, 0.717) is 26.1 Å². The zero-order valence-electron chi connectivity index (χ0n) is 11.4. The summed E-state index contributed by atoms with van der Waals surface area (Å²) in [6.07, 6.45) is 5.02. The van der Waals surface area contributed by atoms with E-state index in [1.807, 2.05) is 0 Å². The molecule has 1 heterocycles. The summed E-state index contributed by atoms with van der Waals surface area (Å²) in [5, 5.41) is 11.9. The lowest BCUT2D eigenvalue weighted by Gasteiger charge is -2.20. The molecule has 1 fully saturated rings. The number of carboxylic acids is 1. The lowest BCUT2D eigenvalue weighted by molar-refractivity contribution is -0.146. The van der Waals surface area contributed by atoms with Crippen LogP contribution in [0.15, 0.2) is 0 Å². The molecule has 0 radical (unpaired) electrons. The molecule has 0 aromatic carbocycles. The molecule has 1 unspecified atom stereocenters. The van der Waals surface area contributed by atoms with Crippen LogP contribution in [0.3, 0.4) is 0 Å². The molecule has 1 aliphatic heterocycles. The average Bonchev–Trinajstić information content (AvgIpc) is 2.73. The molecule has 5 nitrogen and oxygen atoms in total. The smallest absolute Gasteiger partial charge is 0.317 e. The number of nitrogens with zero attached hydrogens (tertiary/aromatic N) is 1. The van der Waals surface area contributed by atoms with Gasteiger partial charge in [-0.05, 0) is 19.8 Å². The zero-order chi connectivity index (χ0) is 13.6. The van der Waals surface area contributed by atoms with Crippen LogP contribution < -0.4 is 5.32 Å². The Labute approximate surface area is 109 Å². The lowest BCUT2D eigenvalue weighted by Crippen LogP contribution is -2.41. The molecule has 2 N–H and O–H groups in total. The number of carbonyl (C=O) groups excluding carboxylic acids is 1. The summed E-state index contributed by atoms with van der Waals surface area (Å²) in [7, 11) is 0. The van der Waals surface area contributed by atoms with Gasteiger partial charge in [0, 0.05) is 19.6 Å². The van der Waals surface area contributed by atoms with Crippen molar-refractivity contribution in [3.8, 4) is 0 Å². The fraction of sp³-hybridized carbons (Fsp3) is 0.846. The molecular weight excluding hydrogens is 232 g/mol. The zero-order valence-corrected chi connectivity index (χ0v) is 11.4. The quantitative estimate of drug-likeness (QED) is 0.715. The summed E-state index contributed by atoms with van der Waals surface area (Å²) in [5.41, 5.74) is -0.778. The Morgan fingerprint density at radius 1 is 1.33 bits per heavy atom. The van der Waals surface area contributed by atoms with E-state index in [1.165, 1.54) is 12.8 Å². The Morgan fingerprint density at radius 3 is 2.61 bits per heavy atom. The van der Waals surface area contributed by atoms with E-state index < -0.39 is 11.4 Å². The number of amides is 2. The second kappa shape index (κ2) is 6.61. The van der Waals surface area contributed by atoms with Crippen LogP contribution in [0.1, 0.15) is 46.0 Å². The number of aliphatic carboxylic acids is 1. The van der Waals surface area contributed by atoms with Crippen LogP contribution in [0, 0.1) is 5.41 Å². The normalized spacial score (nSPS) is 23.1. The molecule has 0 aliphatic carbocycles. The highest BCUT2D eigenvalue weighted by atomic mass is 16.4. The van der Waals surface area contributed by atoms with E-state index in [0.717, 1.165) is 12.8 Å². The Hall–Kier alpha value is -1.26. The van der Waals surface area contributed by atoms with Crippen LogP contribution in [-0.4, -0.2) is 41.6 Å². The van der Waals surface area contributed by atoms with E-state index in [9.17, 15) is 9.59 Å². The first kappa shape index (κ1) is 14.8. The fourth-order valence-corrected chi connectivity index (χ4v) is 2.17. The molecule has 1 aliphatic rings. The van der Waals surface area contributed by atoms with Crippen LogP contribution in [0.25, 0.3) is 0 Å². The maximum Gasteiger partial charge on any atom is 0.317 e. The topological polar surface area (TPSA) is 69.6 Å². The molecule has 0 aromatic rings. The highest BCUT2D eigenvalue weighted by Crippen LogP contribution is 2.29. The van der Waals surface area contributed by atoms with Crippen LogP contribution in [0.4, 0.5) is 4.79 Å². The summed E-state index contributed by atoms with van der Waals surface area (Å²) in [6.45, 7) is 5.37. The second-order valence-electron chi connectivity index (χ2n) is 5.33. The van der Waals surface area contributed by atoms with Gasteiger partial charge >= 0.3 is 12.0 Å². The van der Waals surface area contributed by atoms with Gasteiger partial charge in [0.25, 0.3) is 0 Å². The molecular formula is C13H24N2O3. The summed E-state index contributed by atoms with van der Waals surface area (Å²) in [5.74, 6) is -0.819. The molecule has 1 rings (SSSR count). The first-order valence-corrected chi connectivity index (χ1v) is 6.76. The van der Waals surface area contributed by atoms with Gasteiger partial charge in [-0.3, -0.25) is 4.79 Å². The van der Waals surface area contributed by atoms with Crippen molar-refractivity contribution in [2.45, 2.75) is 46.0 Å². The van der Waals surface area contributed by atoms with Gasteiger partial charge in [0.15, 0.2) is 0 Å². The first-order chi connectivity index (χ1) is 8.49. The third-order valence-corrected chi connectivity index (χ3v) is 3.58. The van der Waals surface area contributed by atoms with Crippen LogP contribution in [-0.2, 0) is 4.79 Å². The molecule has 0 bridgehead atoms. The minimum absolute atomic E-state index is 0.128. The van der Waals surface area contributed by atoms with Crippen molar-refractivity contribution < 1.29 is 14.7 Å². The number of carboxylic acid groups (broad SMARTS) is 1. The number of carbonyl (C=O) groups is 2. The van der Waals surface area contributed by atoms with Crippen LogP contribution >= 0.6 is 0 Å². The Bertz CT molecular complexity index is 307. The van der Waals surface area contributed by atoms with Crippen molar-refractivity contribution in [2.24, 2.45) is 5.41 Å². The molecule has 18 heavy (non-hydrogen) atoms. The minimum atomic E-state index is -0.819. The van der Waals surface area contributed by atoms with Gasteiger partial charge in [-0.15, -0.1) is 0 Å². The SMILES string of the molecule is CCCCCCNC(=O)N1CCC(C)(C(=O)O)C1. The number of rotatable bonds is 6. The van der Waals surface area contributed by atoms with Gasteiger partial charge in [0.2, 0.25) is 0 Å². The molecule has 1 atom stereocenters. The predicted molar refractivity (Wildman–Crippen MR) is 69.5 cm³/mol. The Morgan fingerprint density at radius 2 is 2.06 bits per heavy atom. The maximum atomic E-state index is 11.8. The molecule has 0 saturated carbocycles. The second-order valence-corrected chi connectivity index (χ2v) is 5.33. The number of urea groups is 1. The van der Waals surface area contributed by atoms with E-state index in [-0.39, 0.29) is 6.03 Å². The average molecular weight is 256 g/mol. The fourth-order valence-electron chi connectivity index (χ4n) is 2.17. The minimum Gasteiger partial charge on any atom is -0.481 e. The van der Waals surface area contributed by atoms with Gasteiger partial charge in [-0.25, -0.2) is 4.79 Å². The van der Waals surface area contributed by atoms with Crippen molar-refractivity contribution >= 4 is 12.0 Å². The van der Waals surface area contributed by atoms with Gasteiger partial charge < -0.3 is 15.3 Å². The van der Waals surface area contributed by atoms with Gasteiger partial charge in [-0.2, -0.15) is 0 Å². The molecule has 0 spiro atoms. The van der Waals surface area contributed by atoms with Crippen molar-refractivity contribution in [3.05, 3.63) is 0 Å². The van der Waals surface area contributed by atoms with Crippen LogP contribution in [0.2, 0.25) is 0 Å². The number of nitrogens with one attached hydrogen (secondary N) is 1. The third-order valence-electron chi connectivity index (χ3n) is 3.58. The third kappa shape index (κ3) is 3.89. The monoisotopic (exact) mass is 256 g/mol. The summed E-state index contributed by atoms with van der Waals surface area (Å²) in [6, 6.07) is -0.128. The van der Waals surface area contributed by atoms with Gasteiger partial charge in [0.1, 0.15) is 0 Å². The van der Waals surface area contributed by atoms with E-state index >= 15 is 0 Å². The highest BCUT2D eigenvalue weighted by Gasteiger charge is 2.41. The Balaban J connectivity index is 2.26. The number of unbranched alkanes of at least 4 members (excludes halogenated alkanes) is 3. The molecule has 0 aromatic heterocycles. The maximum absolute atomic E-state index is 11.8. The molecule has 1 saturated heterocycles. The first-order valence-electron chi connectivity index (χ1n) is 6.76. The van der Waals surface area contributed by atoms with Crippen molar-refractivity contribution in [3.63, 3.8) is 0 Å². The van der Waals surface area contributed by atoms with Crippen LogP contribution in [0.5, 0.6) is 0 Å². The molecule has 104 valence electrons. The molecule has 2 amide bonds. The van der Waals surface area contributed by atoms with E-state index in [4.69, 9.17) is 5.11 Å². The van der Waals surface area contributed by atoms with Crippen molar-refractivity contribution in [2.75, 3.05) is 19.6 Å². The molecule has 5 heteroatoms. The van der Waals surface area contributed by atoms with E-state index in [1.54, 1.807) is 11.8 Å². The number of hydrogen-bond donors (Lipinski definition) is 2. The van der Waals surface area contributed by atoms with Gasteiger partial charge in [-0.1, -0.05) is 26.2 Å². The number of likely N-dealkylation sites (tertiary alicyclic amines) is 1. The summed E-state index contributed by atoms with van der Waals surface area (Å²) in [4.78, 5) is 24.5. The van der Waals surface area contributed by atoms with Gasteiger partial charge in [0.05, 0.1) is 5.41 Å². The van der Waals surface area contributed by atoms with E-state index in [2.05, 4.69) is 12.2 Å². The largest absolute Gasteiger partial charge is 0.481 e. The highest BCUT2D eigenvalue weighted by molar-refractivity contribution is 5.79. The number of hydrogen-bond acceptors (Lipinski definition) is 2. The predicted octanol–water partition coefficient (Wildman–Crippen LogP) is 2.07. The summed E-state index contributed by atoms with van der Waals surface area (Å²) < 4.78 is 0.